The molecule has 0 bridgehead atoms. The molecule has 0 spiro atoms. The summed E-state index contributed by atoms with van der Waals surface area (Å²) in [6, 6.07) is 5.08. The van der Waals surface area contributed by atoms with Gasteiger partial charge in [0.1, 0.15) is 11.6 Å². The van der Waals surface area contributed by atoms with Gasteiger partial charge in [-0.05, 0) is 26.0 Å². The second kappa shape index (κ2) is 6.60. The highest BCUT2D eigenvalue weighted by atomic mass is 19.1. The van der Waals surface area contributed by atoms with Gasteiger partial charge in [0.25, 0.3) is 0 Å². The van der Waals surface area contributed by atoms with Gasteiger partial charge in [-0.2, -0.15) is 0 Å². The van der Waals surface area contributed by atoms with Crippen molar-refractivity contribution in [3.05, 3.63) is 29.6 Å². The van der Waals surface area contributed by atoms with E-state index < -0.39 is 0 Å². The molecule has 17 heavy (non-hydrogen) atoms. The fourth-order valence-electron chi connectivity index (χ4n) is 1.46. The smallest absolute Gasteiger partial charge is 0.131 e. The molecule has 1 N–H and O–H groups in total. The van der Waals surface area contributed by atoms with E-state index in [0.29, 0.717) is 23.8 Å². The molecule has 0 aromatic heterocycles. The first-order valence-corrected chi connectivity index (χ1v) is 6.18. The van der Waals surface area contributed by atoms with Crippen molar-refractivity contribution < 1.29 is 9.13 Å². The highest BCUT2D eigenvalue weighted by Crippen LogP contribution is 2.22. The summed E-state index contributed by atoms with van der Waals surface area (Å²) in [4.78, 5) is 0. The van der Waals surface area contributed by atoms with E-state index in [0.717, 1.165) is 6.42 Å². The van der Waals surface area contributed by atoms with Crippen molar-refractivity contribution in [3.63, 3.8) is 0 Å². The number of ether oxygens (including phenoxy) is 1. The van der Waals surface area contributed by atoms with Gasteiger partial charge in [-0.3, -0.25) is 0 Å². The van der Waals surface area contributed by atoms with Crippen LogP contribution in [-0.2, 0) is 0 Å². The third-order valence-electron chi connectivity index (χ3n) is 3.10. The normalized spacial score (nSPS) is 14.4. The summed E-state index contributed by atoms with van der Waals surface area (Å²) in [7, 11) is 1.82. The van der Waals surface area contributed by atoms with Gasteiger partial charge in [-0.15, -0.1) is 0 Å². The Bertz CT molecular complexity index is 354. The lowest BCUT2D eigenvalue weighted by molar-refractivity contribution is 0.255. The standard InChI is InChI=1S/C14H22FNO/c1-5-10(2)9-17-12-6-7-13(11(3)16-4)14(15)8-12/h6-8,10-11,16H,5,9H2,1-4H3. The quantitative estimate of drug-likeness (QED) is 0.820. The van der Waals surface area contributed by atoms with E-state index in [2.05, 4.69) is 19.2 Å². The number of hydrogen-bond acceptors (Lipinski definition) is 2. The van der Waals surface area contributed by atoms with Gasteiger partial charge >= 0.3 is 0 Å². The maximum absolute atomic E-state index is 13.8. The highest BCUT2D eigenvalue weighted by molar-refractivity contribution is 5.30. The molecule has 96 valence electrons. The van der Waals surface area contributed by atoms with Crippen molar-refractivity contribution in [2.75, 3.05) is 13.7 Å². The van der Waals surface area contributed by atoms with E-state index in [9.17, 15) is 4.39 Å². The average Bonchev–Trinajstić information content (AvgIpc) is 2.35. The summed E-state index contributed by atoms with van der Waals surface area (Å²) in [6.07, 6.45) is 1.07. The van der Waals surface area contributed by atoms with Crippen molar-refractivity contribution in [2.45, 2.75) is 33.2 Å². The maximum atomic E-state index is 13.8. The molecule has 0 heterocycles. The van der Waals surface area contributed by atoms with Crippen LogP contribution < -0.4 is 10.1 Å². The summed E-state index contributed by atoms with van der Waals surface area (Å²) in [6.45, 7) is 6.80. The van der Waals surface area contributed by atoms with Crippen LogP contribution in [0.4, 0.5) is 4.39 Å². The monoisotopic (exact) mass is 239 g/mol. The molecule has 0 fully saturated rings. The van der Waals surface area contributed by atoms with Crippen molar-refractivity contribution in [2.24, 2.45) is 5.92 Å². The molecular formula is C14H22FNO. The largest absolute Gasteiger partial charge is 0.493 e. The molecule has 0 saturated carbocycles. The minimum Gasteiger partial charge on any atom is -0.493 e. The number of halogens is 1. The molecule has 1 aromatic carbocycles. The predicted octanol–water partition coefficient (Wildman–Crippen LogP) is 3.53. The minimum absolute atomic E-state index is 0.0126. The van der Waals surface area contributed by atoms with Crippen LogP contribution in [-0.4, -0.2) is 13.7 Å². The van der Waals surface area contributed by atoms with E-state index in [1.807, 2.05) is 20.0 Å². The molecule has 0 aliphatic carbocycles. The summed E-state index contributed by atoms with van der Waals surface area (Å²) in [5.41, 5.74) is 0.670. The summed E-state index contributed by atoms with van der Waals surface area (Å²) < 4.78 is 19.3. The molecule has 0 amide bonds. The molecule has 2 nitrogen and oxygen atoms in total. The Morgan fingerprint density at radius 1 is 1.35 bits per heavy atom. The molecule has 0 aliphatic rings. The summed E-state index contributed by atoms with van der Waals surface area (Å²) in [5, 5.41) is 3.02. The summed E-state index contributed by atoms with van der Waals surface area (Å²) in [5.74, 6) is 0.886. The van der Waals surface area contributed by atoms with Crippen LogP contribution >= 0.6 is 0 Å². The molecule has 1 aromatic rings. The Morgan fingerprint density at radius 2 is 2.06 bits per heavy atom. The zero-order valence-electron chi connectivity index (χ0n) is 11.1. The molecule has 2 atom stereocenters. The Morgan fingerprint density at radius 3 is 2.59 bits per heavy atom. The van der Waals surface area contributed by atoms with Crippen LogP contribution in [0.25, 0.3) is 0 Å². The first kappa shape index (κ1) is 14.0. The Balaban J connectivity index is 2.68. The lowest BCUT2D eigenvalue weighted by Crippen LogP contribution is -2.14. The van der Waals surface area contributed by atoms with E-state index in [4.69, 9.17) is 4.74 Å². The van der Waals surface area contributed by atoms with Crippen LogP contribution in [0.5, 0.6) is 5.75 Å². The van der Waals surface area contributed by atoms with Gasteiger partial charge in [0, 0.05) is 17.7 Å². The topological polar surface area (TPSA) is 21.3 Å². The van der Waals surface area contributed by atoms with Gasteiger partial charge in [-0.25, -0.2) is 4.39 Å². The average molecular weight is 239 g/mol. The fourth-order valence-corrected chi connectivity index (χ4v) is 1.46. The summed E-state index contributed by atoms with van der Waals surface area (Å²) >= 11 is 0. The third-order valence-corrected chi connectivity index (χ3v) is 3.10. The number of benzene rings is 1. The Kier molecular flexibility index (Phi) is 5.42. The van der Waals surface area contributed by atoms with Crippen LogP contribution in [0.15, 0.2) is 18.2 Å². The van der Waals surface area contributed by atoms with Crippen LogP contribution in [0.1, 0.15) is 38.8 Å². The van der Waals surface area contributed by atoms with Gasteiger partial charge in [0.2, 0.25) is 0 Å². The van der Waals surface area contributed by atoms with Gasteiger partial charge in [0.15, 0.2) is 0 Å². The zero-order chi connectivity index (χ0) is 12.8. The molecule has 0 radical (unpaired) electrons. The highest BCUT2D eigenvalue weighted by Gasteiger charge is 2.10. The number of nitrogens with one attached hydrogen (secondary N) is 1. The van der Waals surface area contributed by atoms with E-state index in [1.54, 1.807) is 6.07 Å². The second-order valence-electron chi connectivity index (χ2n) is 4.52. The van der Waals surface area contributed by atoms with Crippen LogP contribution in [0, 0.1) is 11.7 Å². The van der Waals surface area contributed by atoms with E-state index >= 15 is 0 Å². The molecule has 2 unspecified atom stereocenters. The van der Waals surface area contributed by atoms with E-state index in [-0.39, 0.29) is 11.9 Å². The predicted molar refractivity (Wildman–Crippen MR) is 68.8 cm³/mol. The zero-order valence-corrected chi connectivity index (χ0v) is 11.1. The Labute approximate surface area is 103 Å². The van der Waals surface area contributed by atoms with Crippen molar-refractivity contribution in [3.8, 4) is 5.75 Å². The first-order chi connectivity index (χ1) is 8.08. The molecule has 1 rings (SSSR count). The first-order valence-electron chi connectivity index (χ1n) is 6.18. The Hall–Kier alpha value is -1.09. The van der Waals surface area contributed by atoms with Crippen molar-refractivity contribution in [1.29, 1.82) is 0 Å². The fraction of sp³-hybridized carbons (Fsp3) is 0.571. The van der Waals surface area contributed by atoms with Gasteiger partial charge in [0.05, 0.1) is 6.61 Å². The van der Waals surface area contributed by atoms with E-state index in [1.165, 1.54) is 6.07 Å². The van der Waals surface area contributed by atoms with Crippen molar-refractivity contribution >= 4 is 0 Å². The lowest BCUT2D eigenvalue weighted by atomic mass is 10.1. The maximum Gasteiger partial charge on any atom is 0.131 e. The number of hydrogen-bond donors (Lipinski definition) is 1. The number of rotatable bonds is 6. The van der Waals surface area contributed by atoms with Crippen LogP contribution in [0.3, 0.4) is 0 Å². The minimum atomic E-state index is -0.214. The SMILES string of the molecule is CCC(C)COc1ccc(C(C)NC)c(F)c1. The van der Waals surface area contributed by atoms with Gasteiger partial charge < -0.3 is 10.1 Å². The third kappa shape index (κ3) is 4.00. The van der Waals surface area contributed by atoms with Crippen LogP contribution in [0.2, 0.25) is 0 Å². The molecule has 0 aliphatic heterocycles. The second-order valence-corrected chi connectivity index (χ2v) is 4.52. The molecular weight excluding hydrogens is 217 g/mol. The van der Waals surface area contributed by atoms with Crippen molar-refractivity contribution in [1.82, 2.24) is 5.32 Å². The molecule has 0 saturated heterocycles. The lowest BCUT2D eigenvalue weighted by Gasteiger charge is -2.14. The molecule has 3 heteroatoms. The van der Waals surface area contributed by atoms with Gasteiger partial charge in [-0.1, -0.05) is 26.3 Å².